The maximum Gasteiger partial charge on any atom is 0.341 e. The number of esters is 1. The molecule has 0 aliphatic heterocycles. The first-order chi connectivity index (χ1) is 9.95. The Balaban J connectivity index is 2.51. The highest BCUT2D eigenvalue weighted by atomic mass is 35.5. The number of carbonyl (C=O) groups is 2. The molecule has 1 aromatic rings. The van der Waals surface area contributed by atoms with E-state index in [1.165, 1.54) is 25.1 Å². The second-order valence-corrected chi connectivity index (χ2v) is 4.85. The topological polar surface area (TPSA) is 90.6 Å². The number of amides is 1. The normalized spacial score (nSPS) is 11.8. The van der Waals surface area contributed by atoms with Crippen molar-refractivity contribution < 1.29 is 19.1 Å². The van der Waals surface area contributed by atoms with Gasteiger partial charge in [0.25, 0.3) is 5.91 Å². The summed E-state index contributed by atoms with van der Waals surface area (Å²) in [6, 6.07) is 4.45. The zero-order chi connectivity index (χ0) is 15.8. The van der Waals surface area contributed by atoms with Crippen molar-refractivity contribution >= 4 is 29.2 Å². The Morgan fingerprint density at radius 3 is 2.76 bits per heavy atom. The van der Waals surface area contributed by atoms with Crippen LogP contribution in [0, 0.1) is 0 Å². The number of hydrogen-bond donors (Lipinski definition) is 2. The minimum atomic E-state index is -0.907. The van der Waals surface area contributed by atoms with Gasteiger partial charge in [-0.05, 0) is 31.5 Å². The summed E-state index contributed by atoms with van der Waals surface area (Å²) >= 11 is 5.75. The SMILES string of the molecule is COCCCNC(=O)C(C)OC(=O)c1ccc(Cl)cc1N. The minimum absolute atomic E-state index is 0.179. The van der Waals surface area contributed by atoms with Gasteiger partial charge in [-0.15, -0.1) is 0 Å². The van der Waals surface area contributed by atoms with Crippen molar-refractivity contribution in [2.24, 2.45) is 0 Å². The molecular weight excluding hydrogens is 296 g/mol. The first-order valence-electron chi connectivity index (χ1n) is 6.48. The number of ether oxygens (including phenoxy) is 2. The van der Waals surface area contributed by atoms with Gasteiger partial charge in [0.15, 0.2) is 6.10 Å². The standard InChI is InChI=1S/C14H19ClN2O4/c1-9(13(18)17-6-3-7-20-2)21-14(19)11-5-4-10(15)8-12(11)16/h4-5,8-9H,3,6-7,16H2,1-2H3,(H,17,18). The van der Waals surface area contributed by atoms with E-state index < -0.39 is 12.1 Å². The van der Waals surface area contributed by atoms with Gasteiger partial charge >= 0.3 is 5.97 Å². The number of benzene rings is 1. The maximum atomic E-state index is 11.9. The molecule has 1 unspecified atom stereocenters. The summed E-state index contributed by atoms with van der Waals surface area (Å²) in [5, 5.41) is 3.07. The van der Waals surface area contributed by atoms with Crippen molar-refractivity contribution in [1.29, 1.82) is 0 Å². The van der Waals surface area contributed by atoms with Gasteiger partial charge in [0, 0.05) is 31.0 Å². The summed E-state index contributed by atoms with van der Waals surface area (Å²) in [5.41, 5.74) is 6.08. The van der Waals surface area contributed by atoms with E-state index in [9.17, 15) is 9.59 Å². The molecule has 0 bridgehead atoms. The summed E-state index contributed by atoms with van der Waals surface area (Å²) in [5.74, 6) is -1.03. The van der Waals surface area contributed by atoms with Crippen LogP contribution < -0.4 is 11.1 Å². The van der Waals surface area contributed by atoms with Gasteiger partial charge in [0.05, 0.1) is 5.56 Å². The maximum absolute atomic E-state index is 11.9. The van der Waals surface area contributed by atoms with E-state index in [4.69, 9.17) is 26.8 Å². The van der Waals surface area contributed by atoms with Crippen LogP contribution in [0.3, 0.4) is 0 Å². The zero-order valence-corrected chi connectivity index (χ0v) is 12.8. The Labute approximate surface area is 128 Å². The molecule has 3 N–H and O–H groups in total. The number of hydrogen-bond acceptors (Lipinski definition) is 5. The molecule has 0 radical (unpaired) electrons. The predicted octanol–water partition coefficient (Wildman–Crippen LogP) is 1.62. The zero-order valence-electron chi connectivity index (χ0n) is 12.0. The Bertz CT molecular complexity index is 508. The molecule has 0 saturated heterocycles. The molecule has 0 spiro atoms. The van der Waals surface area contributed by atoms with Crippen LogP contribution in [0.5, 0.6) is 0 Å². The van der Waals surface area contributed by atoms with Crippen LogP contribution in [0.25, 0.3) is 0 Å². The Hall–Kier alpha value is -1.79. The molecule has 116 valence electrons. The molecule has 0 heterocycles. The van der Waals surface area contributed by atoms with Gasteiger partial charge in [0.2, 0.25) is 0 Å². The Kier molecular flexibility index (Phi) is 6.98. The van der Waals surface area contributed by atoms with E-state index >= 15 is 0 Å². The molecule has 21 heavy (non-hydrogen) atoms. The van der Waals surface area contributed by atoms with Crippen LogP contribution in [-0.4, -0.2) is 38.2 Å². The fourth-order valence-electron chi connectivity index (χ4n) is 1.57. The number of nitrogens with one attached hydrogen (secondary N) is 1. The highest BCUT2D eigenvalue weighted by molar-refractivity contribution is 6.31. The number of rotatable bonds is 7. The lowest BCUT2D eigenvalue weighted by molar-refractivity contribution is -0.129. The molecule has 7 heteroatoms. The average Bonchev–Trinajstić information content (AvgIpc) is 2.43. The van der Waals surface area contributed by atoms with Crippen LogP contribution in [0.2, 0.25) is 5.02 Å². The van der Waals surface area contributed by atoms with E-state index in [0.717, 1.165) is 0 Å². The van der Waals surface area contributed by atoms with Crippen molar-refractivity contribution in [3.8, 4) is 0 Å². The fourth-order valence-corrected chi connectivity index (χ4v) is 1.75. The lowest BCUT2D eigenvalue weighted by Gasteiger charge is -2.14. The monoisotopic (exact) mass is 314 g/mol. The molecule has 1 atom stereocenters. The molecule has 0 aliphatic rings. The fraction of sp³-hybridized carbons (Fsp3) is 0.429. The third-order valence-corrected chi connectivity index (χ3v) is 2.95. The van der Waals surface area contributed by atoms with Gasteiger partial charge in [-0.3, -0.25) is 4.79 Å². The van der Waals surface area contributed by atoms with Gasteiger partial charge in [-0.2, -0.15) is 0 Å². The first-order valence-corrected chi connectivity index (χ1v) is 6.86. The van der Waals surface area contributed by atoms with E-state index in [1.807, 2.05) is 0 Å². The summed E-state index contributed by atoms with van der Waals surface area (Å²) in [6.07, 6.45) is -0.220. The predicted molar refractivity (Wildman–Crippen MR) is 80.2 cm³/mol. The van der Waals surface area contributed by atoms with Gasteiger partial charge < -0.3 is 20.5 Å². The van der Waals surface area contributed by atoms with Crippen LogP contribution in [-0.2, 0) is 14.3 Å². The third kappa shape index (κ3) is 5.61. The van der Waals surface area contributed by atoms with Gasteiger partial charge in [0.1, 0.15) is 0 Å². The molecule has 0 saturated carbocycles. The Morgan fingerprint density at radius 1 is 1.43 bits per heavy atom. The van der Waals surface area contributed by atoms with Crippen LogP contribution >= 0.6 is 11.6 Å². The van der Waals surface area contributed by atoms with Crippen LogP contribution in [0.4, 0.5) is 5.69 Å². The molecule has 0 aliphatic carbocycles. The van der Waals surface area contributed by atoms with E-state index in [0.29, 0.717) is 24.6 Å². The number of nitrogens with two attached hydrogens (primary N) is 1. The number of carbonyl (C=O) groups excluding carboxylic acids is 2. The summed E-state index contributed by atoms with van der Waals surface area (Å²) < 4.78 is 9.94. The highest BCUT2D eigenvalue weighted by Gasteiger charge is 2.20. The summed E-state index contributed by atoms with van der Waals surface area (Å²) in [4.78, 5) is 23.7. The molecular formula is C14H19ClN2O4. The van der Waals surface area contributed by atoms with Crippen molar-refractivity contribution in [3.05, 3.63) is 28.8 Å². The molecule has 0 fully saturated rings. The van der Waals surface area contributed by atoms with Gasteiger partial charge in [-0.1, -0.05) is 11.6 Å². The van der Waals surface area contributed by atoms with E-state index in [-0.39, 0.29) is 17.2 Å². The summed E-state index contributed by atoms with van der Waals surface area (Å²) in [6.45, 7) is 2.50. The van der Waals surface area contributed by atoms with E-state index in [2.05, 4.69) is 5.32 Å². The molecule has 1 amide bonds. The number of methoxy groups -OCH3 is 1. The summed E-state index contributed by atoms with van der Waals surface area (Å²) in [7, 11) is 1.59. The van der Waals surface area contributed by atoms with Crippen LogP contribution in [0.15, 0.2) is 18.2 Å². The first kappa shape index (κ1) is 17.3. The van der Waals surface area contributed by atoms with Gasteiger partial charge in [-0.25, -0.2) is 4.79 Å². The lowest BCUT2D eigenvalue weighted by atomic mass is 10.2. The molecule has 0 aromatic heterocycles. The van der Waals surface area contributed by atoms with Crippen LogP contribution in [0.1, 0.15) is 23.7 Å². The quantitative estimate of drug-likeness (QED) is 0.453. The smallest absolute Gasteiger partial charge is 0.341 e. The number of nitrogen functional groups attached to an aromatic ring is 1. The number of anilines is 1. The van der Waals surface area contributed by atoms with Crippen molar-refractivity contribution in [1.82, 2.24) is 5.32 Å². The number of halogens is 1. The lowest BCUT2D eigenvalue weighted by Crippen LogP contribution is -2.36. The molecule has 6 nitrogen and oxygen atoms in total. The molecule has 1 rings (SSSR count). The minimum Gasteiger partial charge on any atom is -0.449 e. The van der Waals surface area contributed by atoms with Crippen molar-refractivity contribution in [2.75, 3.05) is 26.0 Å². The second kappa shape index (κ2) is 8.49. The third-order valence-electron chi connectivity index (χ3n) is 2.71. The van der Waals surface area contributed by atoms with Crippen molar-refractivity contribution in [2.45, 2.75) is 19.4 Å². The average molecular weight is 315 g/mol. The molecule has 1 aromatic carbocycles. The second-order valence-electron chi connectivity index (χ2n) is 4.42. The van der Waals surface area contributed by atoms with E-state index in [1.54, 1.807) is 7.11 Å². The Morgan fingerprint density at radius 2 is 2.14 bits per heavy atom. The van der Waals surface area contributed by atoms with Crippen molar-refractivity contribution in [3.63, 3.8) is 0 Å². The largest absolute Gasteiger partial charge is 0.449 e. The highest BCUT2D eigenvalue weighted by Crippen LogP contribution is 2.19.